The van der Waals surface area contributed by atoms with Crippen molar-refractivity contribution in [3.63, 3.8) is 0 Å². The van der Waals surface area contributed by atoms with Gasteiger partial charge in [-0.25, -0.2) is 4.79 Å². The Morgan fingerprint density at radius 1 is 1.12 bits per heavy atom. The van der Waals surface area contributed by atoms with Crippen LogP contribution in [0.1, 0.15) is 21.7 Å². The first kappa shape index (κ1) is 20.8. The molecule has 0 aliphatic heterocycles. The topological polar surface area (TPSA) is 140 Å². The molecule has 10 nitrogen and oxygen atoms in total. The molecule has 4 aromatic rings. The van der Waals surface area contributed by atoms with Gasteiger partial charge in [-0.05, 0) is 36.8 Å². The van der Waals surface area contributed by atoms with Gasteiger partial charge in [-0.1, -0.05) is 35.5 Å². The number of hydrogen-bond acceptors (Lipinski definition) is 7. The van der Waals surface area contributed by atoms with Crippen LogP contribution in [0.5, 0.6) is 0 Å². The van der Waals surface area contributed by atoms with Gasteiger partial charge in [0.1, 0.15) is 5.82 Å². The number of H-pyrrole nitrogens is 1. The highest BCUT2D eigenvalue weighted by atomic mass is 16.5. The first-order valence-electron chi connectivity index (χ1n) is 9.70. The van der Waals surface area contributed by atoms with Gasteiger partial charge in [0, 0.05) is 18.2 Å². The Morgan fingerprint density at radius 2 is 1.81 bits per heavy atom. The summed E-state index contributed by atoms with van der Waals surface area (Å²) in [5.74, 6) is 0.264. The van der Waals surface area contributed by atoms with E-state index >= 15 is 0 Å². The number of aryl methyl sites for hydroxylation is 1. The van der Waals surface area contributed by atoms with E-state index in [-0.39, 0.29) is 18.1 Å². The average Bonchev–Trinajstić information content (AvgIpc) is 3.23. The van der Waals surface area contributed by atoms with Gasteiger partial charge in [-0.15, -0.1) is 0 Å². The van der Waals surface area contributed by atoms with Crippen LogP contribution < -0.4 is 21.9 Å². The van der Waals surface area contributed by atoms with Crippen LogP contribution in [0.3, 0.4) is 0 Å². The standard InChI is InChI=1S/C22H20N6O4/c1-13-24-20(32-26-13)15-8-10-16(11-9-15)21(30)27(2)17-18(23)28(22(31)25-19(17)29)12-14-6-4-3-5-7-14/h3-11H,12,23H2,1-2H3,(H,25,29,31). The number of nitrogens with zero attached hydrogens (tertiary/aromatic N) is 4. The zero-order valence-electron chi connectivity index (χ0n) is 17.4. The summed E-state index contributed by atoms with van der Waals surface area (Å²) in [4.78, 5) is 45.4. The first-order valence-corrected chi connectivity index (χ1v) is 9.70. The lowest BCUT2D eigenvalue weighted by Crippen LogP contribution is -2.39. The fourth-order valence-corrected chi connectivity index (χ4v) is 3.29. The number of anilines is 2. The van der Waals surface area contributed by atoms with Gasteiger partial charge >= 0.3 is 5.69 Å². The van der Waals surface area contributed by atoms with E-state index in [1.807, 2.05) is 30.3 Å². The Balaban J connectivity index is 1.65. The summed E-state index contributed by atoms with van der Waals surface area (Å²) >= 11 is 0. The number of nitrogens with two attached hydrogens (primary N) is 1. The predicted molar refractivity (Wildman–Crippen MR) is 118 cm³/mol. The molecule has 0 radical (unpaired) electrons. The highest BCUT2D eigenvalue weighted by Crippen LogP contribution is 2.21. The maximum absolute atomic E-state index is 13.0. The summed E-state index contributed by atoms with van der Waals surface area (Å²) in [5.41, 5.74) is 6.45. The third-order valence-electron chi connectivity index (χ3n) is 4.94. The number of rotatable bonds is 5. The molecule has 10 heteroatoms. The van der Waals surface area contributed by atoms with E-state index in [1.165, 1.54) is 11.6 Å². The lowest BCUT2D eigenvalue weighted by atomic mass is 10.1. The van der Waals surface area contributed by atoms with E-state index in [2.05, 4.69) is 15.1 Å². The Bertz CT molecular complexity index is 1390. The Morgan fingerprint density at radius 3 is 2.44 bits per heavy atom. The van der Waals surface area contributed by atoms with Crippen molar-refractivity contribution in [2.75, 3.05) is 17.7 Å². The molecule has 2 aromatic carbocycles. The minimum atomic E-state index is -0.745. The maximum Gasteiger partial charge on any atom is 0.330 e. The minimum absolute atomic E-state index is 0.101. The van der Waals surface area contributed by atoms with Crippen LogP contribution in [0.15, 0.2) is 68.7 Å². The van der Waals surface area contributed by atoms with Gasteiger partial charge in [0.25, 0.3) is 17.4 Å². The predicted octanol–water partition coefficient (Wildman–Crippen LogP) is 1.80. The van der Waals surface area contributed by atoms with Crippen molar-refractivity contribution in [2.45, 2.75) is 13.5 Å². The molecule has 2 heterocycles. The lowest BCUT2D eigenvalue weighted by Gasteiger charge is -2.20. The molecule has 0 saturated heterocycles. The summed E-state index contributed by atoms with van der Waals surface area (Å²) in [6, 6.07) is 15.7. The normalized spacial score (nSPS) is 10.8. The smallest absolute Gasteiger partial charge is 0.330 e. The second-order valence-electron chi connectivity index (χ2n) is 7.15. The molecule has 32 heavy (non-hydrogen) atoms. The van der Waals surface area contributed by atoms with Gasteiger partial charge in [0.05, 0.1) is 6.54 Å². The number of benzene rings is 2. The second-order valence-corrected chi connectivity index (χ2v) is 7.15. The van der Waals surface area contributed by atoms with Crippen molar-refractivity contribution in [2.24, 2.45) is 0 Å². The molecule has 2 aromatic heterocycles. The Labute approximate surface area is 181 Å². The molecule has 0 saturated carbocycles. The molecule has 0 fully saturated rings. The van der Waals surface area contributed by atoms with E-state index in [0.717, 1.165) is 10.5 Å². The maximum atomic E-state index is 13.0. The number of carbonyl (C=O) groups excluding carboxylic acids is 1. The number of carbonyl (C=O) groups is 1. The van der Waals surface area contributed by atoms with Crippen LogP contribution in [0.25, 0.3) is 11.5 Å². The molecule has 4 rings (SSSR count). The molecule has 0 atom stereocenters. The van der Waals surface area contributed by atoms with Crippen LogP contribution in [0, 0.1) is 6.92 Å². The Hall–Kier alpha value is -4.47. The second kappa shape index (κ2) is 8.34. The van der Waals surface area contributed by atoms with Crippen LogP contribution in [-0.4, -0.2) is 32.6 Å². The summed E-state index contributed by atoms with van der Waals surface area (Å²) in [6.45, 7) is 1.86. The highest BCUT2D eigenvalue weighted by molar-refractivity contribution is 6.07. The zero-order chi connectivity index (χ0) is 22.8. The SMILES string of the molecule is Cc1noc(-c2ccc(C(=O)N(C)c3c(N)n(Cc4ccccc4)c(=O)[nH]c3=O)cc2)n1. The molecule has 0 bridgehead atoms. The average molecular weight is 432 g/mol. The van der Waals surface area contributed by atoms with E-state index < -0.39 is 17.2 Å². The third-order valence-corrected chi connectivity index (χ3v) is 4.94. The van der Waals surface area contributed by atoms with Crippen molar-refractivity contribution < 1.29 is 9.32 Å². The minimum Gasteiger partial charge on any atom is -0.383 e. The molecule has 0 spiro atoms. The molecule has 0 unspecified atom stereocenters. The molecule has 3 N–H and O–H groups in total. The van der Waals surface area contributed by atoms with E-state index in [1.54, 1.807) is 31.2 Å². The first-order chi connectivity index (χ1) is 15.3. The van der Waals surface area contributed by atoms with Gasteiger partial charge in [-0.3, -0.25) is 19.1 Å². The van der Waals surface area contributed by atoms with Crippen LogP contribution in [0.2, 0.25) is 0 Å². The Kier molecular flexibility index (Phi) is 5.42. The fourth-order valence-electron chi connectivity index (χ4n) is 3.29. The zero-order valence-corrected chi connectivity index (χ0v) is 17.4. The van der Waals surface area contributed by atoms with E-state index in [0.29, 0.717) is 22.8 Å². The molecule has 0 aliphatic carbocycles. The number of aromatic nitrogens is 4. The van der Waals surface area contributed by atoms with Crippen molar-refractivity contribution >= 4 is 17.4 Å². The monoisotopic (exact) mass is 432 g/mol. The summed E-state index contributed by atoms with van der Waals surface area (Å²) in [5, 5.41) is 3.74. The summed E-state index contributed by atoms with van der Waals surface area (Å²) < 4.78 is 6.34. The van der Waals surface area contributed by atoms with Crippen molar-refractivity contribution in [3.8, 4) is 11.5 Å². The summed E-state index contributed by atoms with van der Waals surface area (Å²) in [6.07, 6.45) is 0. The molecule has 1 amide bonds. The fraction of sp³-hybridized carbons (Fsp3) is 0.136. The molecular formula is C22H20N6O4. The highest BCUT2D eigenvalue weighted by Gasteiger charge is 2.22. The van der Waals surface area contributed by atoms with E-state index in [4.69, 9.17) is 10.3 Å². The summed E-state index contributed by atoms with van der Waals surface area (Å²) in [7, 11) is 1.43. The van der Waals surface area contributed by atoms with Gasteiger partial charge < -0.3 is 15.2 Å². The van der Waals surface area contributed by atoms with Crippen molar-refractivity contribution in [1.29, 1.82) is 0 Å². The molecular weight excluding hydrogens is 412 g/mol. The number of hydrogen-bond donors (Lipinski definition) is 2. The van der Waals surface area contributed by atoms with Crippen LogP contribution in [-0.2, 0) is 6.54 Å². The van der Waals surface area contributed by atoms with Crippen LogP contribution in [0.4, 0.5) is 11.5 Å². The van der Waals surface area contributed by atoms with Crippen molar-refractivity contribution in [3.05, 3.63) is 92.4 Å². The lowest BCUT2D eigenvalue weighted by molar-refractivity contribution is 0.0992. The number of aromatic amines is 1. The van der Waals surface area contributed by atoms with Gasteiger partial charge in [-0.2, -0.15) is 4.98 Å². The quantitative estimate of drug-likeness (QED) is 0.490. The number of amides is 1. The van der Waals surface area contributed by atoms with Gasteiger partial charge in [0.2, 0.25) is 0 Å². The largest absolute Gasteiger partial charge is 0.383 e. The van der Waals surface area contributed by atoms with Crippen molar-refractivity contribution in [1.82, 2.24) is 19.7 Å². The van der Waals surface area contributed by atoms with Crippen LogP contribution >= 0.6 is 0 Å². The number of nitrogens with one attached hydrogen (secondary N) is 1. The molecule has 0 aliphatic rings. The van der Waals surface area contributed by atoms with E-state index in [9.17, 15) is 14.4 Å². The third kappa shape index (κ3) is 3.93. The van der Waals surface area contributed by atoms with Gasteiger partial charge in [0.15, 0.2) is 11.5 Å². The molecule has 162 valence electrons. The number of nitrogen functional groups attached to an aromatic ring is 1.